The predicted octanol–water partition coefficient (Wildman–Crippen LogP) is 4.85. The van der Waals surface area contributed by atoms with Crippen LogP contribution in [0.4, 0.5) is 5.82 Å². The molecule has 36 heavy (non-hydrogen) atoms. The number of anilines is 1. The molecule has 1 N–H and O–H groups in total. The molecule has 1 amide bonds. The quantitative estimate of drug-likeness (QED) is 0.418. The van der Waals surface area contributed by atoms with Crippen molar-refractivity contribution >= 4 is 23.3 Å². The van der Waals surface area contributed by atoms with E-state index in [1.165, 1.54) is 10.9 Å². The van der Waals surface area contributed by atoms with Crippen LogP contribution in [0.25, 0.3) is 22.6 Å². The SMILES string of the molecule is CC1CCC(C(=O)N(c2nn(-c3ccc(-c4cn5ncccc5n4)cc3)cc2C(=O)O)C(C)C)CC1. The number of carbonyl (C=O) groups is 2. The predicted molar refractivity (Wildman–Crippen MR) is 136 cm³/mol. The average molecular weight is 487 g/mol. The van der Waals surface area contributed by atoms with E-state index in [-0.39, 0.29) is 29.2 Å². The van der Waals surface area contributed by atoms with Crippen LogP contribution in [0.3, 0.4) is 0 Å². The van der Waals surface area contributed by atoms with Gasteiger partial charge in [-0.2, -0.15) is 5.10 Å². The Hall–Kier alpha value is -4.01. The normalized spacial score (nSPS) is 18.0. The summed E-state index contributed by atoms with van der Waals surface area (Å²) in [4.78, 5) is 31.8. The second kappa shape index (κ2) is 9.56. The first kappa shape index (κ1) is 23.7. The van der Waals surface area contributed by atoms with Crippen molar-refractivity contribution in [3.63, 3.8) is 0 Å². The molecule has 0 spiro atoms. The van der Waals surface area contributed by atoms with Gasteiger partial charge in [-0.3, -0.25) is 9.69 Å². The van der Waals surface area contributed by atoms with E-state index in [0.29, 0.717) is 11.6 Å². The molecule has 1 saturated carbocycles. The van der Waals surface area contributed by atoms with Gasteiger partial charge in [0.2, 0.25) is 5.91 Å². The first-order valence-corrected chi connectivity index (χ1v) is 12.4. The van der Waals surface area contributed by atoms with Gasteiger partial charge in [0.1, 0.15) is 5.56 Å². The zero-order valence-electron chi connectivity index (χ0n) is 20.7. The lowest BCUT2D eigenvalue weighted by molar-refractivity contribution is -0.124. The number of aromatic carboxylic acids is 1. The first-order chi connectivity index (χ1) is 17.3. The Balaban J connectivity index is 1.46. The zero-order chi connectivity index (χ0) is 25.4. The van der Waals surface area contributed by atoms with Crippen molar-refractivity contribution in [1.82, 2.24) is 24.4 Å². The lowest BCUT2D eigenvalue weighted by Gasteiger charge is -2.32. The summed E-state index contributed by atoms with van der Waals surface area (Å²) < 4.78 is 3.24. The molecule has 0 saturated heterocycles. The number of benzene rings is 1. The Morgan fingerprint density at radius 1 is 1.06 bits per heavy atom. The third kappa shape index (κ3) is 4.48. The summed E-state index contributed by atoms with van der Waals surface area (Å²) in [5.74, 6) is -0.442. The maximum Gasteiger partial charge on any atom is 0.341 e. The van der Waals surface area contributed by atoms with Gasteiger partial charge in [-0.15, -0.1) is 5.10 Å². The molecule has 4 aromatic rings. The van der Waals surface area contributed by atoms with Gasteiger partial charge in [-0.05, 0) is 69.7 Å². The standard InChI is InChI=1S/C27H30N6O3/c1-17(2)33(26(34)20-8-6-18(3)7-9-20)25-22(27(35)36)15-31(30-25)21-12-10-19(11-13-21)23-16-32-24(29-23)5-4-14-28-32/h4-5,10-18,20H,6-9H2,1-3H3,(H,35,36). The Bertz CT molecular complexity index is 1360. The van der Waals surface area contributed by atoms with E-state index >= 15 is 0 Å². The number of hydrogen-bond donors (Lipinski definition) is 1. The molecule has 0 radical (unpaired) electrons. The molecule has 186 valence electrons. The molecule has 1 aromatic carbocycles. The summed E-state index contributed by atoms with van der Waals surface area (Å²) in [6.07, 6.45) is 8.72. The Kier molecular flexibility index (Phi) is 6.30. The molecule has 3 aromatic heterocycles. The number of aromatic nitrogens is 5. The van der Waals surface area contributed by atoms with E-state index in [0.717, 1.165) is 42.6 Å². The number of nitrogens with zero attached hydrogens (tertiary/aromatic N) is 6. The van der Waals surface area contributed by atoms with Crippen LogP contribution in [-0.2, 0) is 4.79 Å². The smallest absolute Gasteiger partial charge is 0.341 e. The van der Waals surface area contributed by atoms with Crippen molar-refractivity contribution in [3.05, 3.63) is 60.6 Å². The van der Waals surface area contributed by atoms with Gasteiger partial charge >= 0.3 is 5.97 Å². The summed E-state index contributed by atoms with van der Waals surface area (Å²) in [5.41, 5.74) is 3.14. The Morgan fingerprint density at radius 2 is 1.78 bits per heavy atom. The van der Waals surface area contributed by atoms with Gasteiger partial charge in [0.15, 0.2) is 11.5 Å². The highest BCUT2D eigenvalue weighted by Crippen LogP contribution is 2.33. The minimum absolute atomic E-state index is 0.0109. The molecule has 9 heteroatoms. The van der Waals surface area contributed by atoms with E-state index < -0.39 is 5.97 Å². The number of carbonyl (C=O) groups excluding carboxylic acids is 1. The fourth-order valence-electron chi connectivity index (χ4n) is 4.89. The highest BCUT2D eigenvalue weighted by atomic mass is 16.4. The minimum Gasteiger partial charge on any atom is -0.477 e. The number of amides is 1. The summed E-state index contributed by atoms with van der Waals surface area (Å²) in [6, 6.07) is 11.0. The number of hydrogen-bond acceptors (Lipinski definition) is 5. The van der Waals surface area contributed by atoms with Crippen LogP contribution in [0, 0.1) is 11.8 Å². The van der Waals surface area contributed by atoms with Crippen molar-refractivity contribution in [2.45, 2.75) is 52.5 Å². The Morgan fingerprint density at radius 3 is 2.42 bits per heavy atom. The van der Waals surface area contributed by atoms with Crippen LogP contribution in [0.15, 0.2) is 55.0 Å². The number of imidazole rings is 1. The van der Waals surface area contributed by atoms with E-state index in [4.69, 9.17) is 0 Å². The van der Waals surface area contributed by atoms with E-state index in [9.17, 15) is 14.7 Å². The Labute approximate surface area is 209 Å². The van der Waals surface area contributed by atoms with Crippen LogP contribution < -0.4 is 4.90 Å². The van der Waals surface area contributed by atoms with Crippen LogP contribution in [0.5, 0.6) is 0 Å². The molecule has 0 bridgehead atoms. The number of carboxylic acids is 1. The molecular formula is C27H30N6O3. The summed E-state index contributed by atoms with van der Waals surface area (Å²) in [6.45, 7) is 6.00. The van der Waals surface area contributed by atoms with Gasteiger partial charge in [-0.1, -0.05) is 19.1 Å². The summed E-state index contributed by atoms with van der Waals surface area (Å²) >= 11 is 0. The second-order valence-electron chi connectivity index (χ2n) is 9.87. The topological polar surface area (TPSA) is 106 Å². The van der Waals surface area contributed by atoms with Crippen LogP contribution in [-0.4, -0.2) is 47.4 Å². The van der Waals surface area contributed by atoms with Gasteiger partial charge in [0.05, 0.1) is 17.6 Å². The third-order valence-electron chi connectivity index (χ3n) is 6.94. The van der Waals surface area contributed by atoms with Crippen molar-refractivity contribution in [2.75, 3.05) is 4.90 Å². The minimum atomic E-state index is -1.11. The molecule has 3 heterocycles. The van der Waals surface area contributed by atoms with E-state index in [2.05, 4.69) is 22.1 Å². The summed E-state index contributed by atoms with van der Waals surface area (Å²) in [5, 5.41) is 18.8. The number of fused-ring (bicyclic) bond motifs is 1. The molecular weight excluding hydrogens is 456 g/mol. The van der Waals surface area contributed by atoms with Crippen molar-refractivity contribution in [2.24, 2.45) is 11.8 Å². The van der Waals surface area contributed by atoms with E-state index in [1.807, 2.05) is 56.4 Å². The molecule has 0 atom stereocenters. The highest BCUT2D eigenvalue weighted by molar-refractivity contribution is 6.01. The third-order valence-corrected chi connectivity index (χ3v) is 6.94. The number of carboxylic acid groups (broad SMARTS) is 1. The van der Waals surface area contributed by atoms with E-state index in [1.54, 1.807) is 15.6 Å². The van der Waals surface area contributed by atoms with Crippen LogP contribution in [0.1, 0.15) is 56.8 Å². The zero-order valence-corrected chi connectivity index (χ0v) is 20.7. The molecule has 0 aliphatic heterocycles. The second-order valence-corrected chi connectivity index (χ2v) is 9.87. The lowest BCUT2D eigenvalue weighted by Crippen LogP contribution is -2.43. The molecule has 0 unspecified atom stereocenters. The maximum atomic E-state index is 13.5. The molecule has 1 aliphatic carbocycles. The van der Waals surface area contributed by atoms with Crippen LogP contribution in [0.2, 0.25) is 0 Å². The van der Waals surface area contributed by atoms with Gasteiger partial charge < -0.3 is 5.11 Å². The van der Waals surface area contributed by atoms with Crippen molar-refractivity contribution in [3.8, 4) is 16.9 Å². The molecule has 1 fully saturated rings. The van der Waals surface area contributed by atoms with Crippen molar-refractivity contribution in [1.29, 1.82) is 0 Å². The molecule has 5 rings (SSSR count). The van der Waals surface area contributed by atoms with Gasteiger partial charge in [0, 0.05) is 29.9 Å². The molecule has 9 nitrogen and oxygen atoms in total. The fraction of sp³-hybridized carbons (Fsp3) is 0.370. The largest absolute Gasteiger partial charge is 0.477 e. The first-order valence-electron chi connectivity index (χ1n) is 12.4. The molecule has 1 aliphatic rings. The average Bonchev–Trinajstić information content (AvgIpc) is 3.49. The van der Waals surface area contributed by atoms with Gasteiger partial charge in [-0.25, -0.2) is 19.0 Å². The van der Waals surface area contributed by atoms with Crippen LogP contribution >= 0.6 is 0 Å². The van der Waals surface area contributed by atoms with Crippen molar-refractivity contribution < 1.29 is 14.7 Å². The maximum absolute atomic E-state index is 13.5. The number of rotatable bonds is 6. The fourth-order valence-corrected chi connectivity index (χ4v) is 4.89. The van der Waals surface area contributed by atoms with Gasteiger partial charge in [0.25, 0.3) is 0 Å². The monoisotopic (exact) mass is 486 g/mol. The highest BCUT2D eigenvalue weighted by Gasteiger charge is 2.34. The lowest BCUT2D eigenvalue weighted by atomic mass is 9.82. The summed E-state index contributed by atoms with van der Waals surface area (Å²) in [7, 11) is 0.